The molecule has 0 N–H and O–H groups in total. The Hall–Kier alpha value is -1.46. The average Bonchev–Trinajstić information content (AvgIpc) is 3.00. The van der Waals surface area contributed by atoms with Gasteiger partial charge in [0.1, 0.15) is 17.2 Å². The molecule has 0 radical (unpaired) electrons. The van der Waals surface area contributed by atoms with E-state index in [1.54, 1.807) is 7.11 Å². The molecule has 0 saturated carbocycles. The van der Waals surface area contributed by atoms with E-state index < -0.39 is 0 Å². The number of unbranched alkanes of at least 4 members (excludes halogenated alkanes) is 16. The highest BCUT2D eigenvalue weighted by atomic mass is 33.1. The lowest BCUT2D eigenvalue weighted by molar-refractivity contribution is 0.303. The summed E-state index contributed by atoms with van der Waals surface area (Å²) in [6.45, 7) is 3.78. The molecule has 2 rings (SSSR count). The molecule has 0 aliphatic carbocycles. The van der Waals surface area contributed by atoms with Crippen LogP contribution in [0.1, 0.15) is 121 Å². The Morgan fingerprint density at radius 2 is 0.732 bits per heavy atom. The van der Waals surface area contributed by atoms with E-state index in [0.717, 1.165) is 36.9 Å². The van der Waals surface area contributed by atoms with Crippen molar-refractivity contribution in [1.29, 1.82) is 0 Å². The van der Waals surface area contributed by atoms with E-state index in [1.165, 1.54) is 126 Å². The van der Waals surface area contributed by atoms with Crippen molar-refractivity contribution in [3.8, 4) is 17.2 Å². The summed E-state index contributed by atoms with van der Waals surface area (Å²) in [5, 5.41) is 0. The third-order valence-electron chi connectivity index (χ3n) is 7.45. The van der Waals surface area contributed by atoms with Crippen LogP contribution in [-0.4, -0.2) is 31.8 Å². The molecule has 0 unspecified atom stereocenters. The van der Waals surface area contributed by atoms with E-state index in [2.05, 4.69) is 52.8 Å². The SMILES string of the molecule is COc1ccc(OCCCCCCCCCCCSSCCCCCCCCCCCOc2ccc(C)cc2)cc1. The van der Waals surface area contributed by atoms with Gasteiger partial charge in [-0.1, -0.05) is 129 Å². The normalized spacial score (nSPS) is 11.1. The van der Waals surface area contributed by atoms with Gasteiger partial charge in [0.2, 0.25) is 0 Å². The van der Waals surface area contributed by atoms with Gasteiger partial charge in [0.15, 0.2) is 0 Å². The summed E-state index contributed by atoms with van der Waals surface area (Å²) in [7, 11) is 5.89. The highest BCUT2D eigenvalue weighted by molar-refractivity contribution is 8.76. The number of ether oxygens (including phenoxy) is 3. The van der Waals surface area contributed by atoms with E-state index in [1.807, 2.05) is 24.3 Å². The Morgan fingerprint density at radius 1 is 0.415 bits per heavy atom. The third kappa shape index (κ3) is 21.0. The van der Waals surface area contributed by atoms with Gasteiger partial charge in [0.05, 0.1) is 20.3 Å². The Labute approximate surface area is 260 Å². The van der Waals surface area contributed by atoms with Crippen molar-refractivity contribution in [2.75, 3.05) is 31.8 Å². The van der Waals surface area contributed by atoms with Gasteiger partial charge < -0.3 is 14.2 Å². The van der Waals surface area contributed by atoms with Gasteiger partial charge in [-0.05, 0) is 69.0 Å². The Bertz CT molecular complexity index is 826. The highest BCUT2D eigenvalue weighted by Gasteiger charge is 1.98. The van der Waals surface area contributed by atoms with Crippen molar-refractivity contribution in [1.82, 2.24) is 0 Å². The van der Waals surface area contributed by atoms with Gasteiger partial charge in [0, 0.05) is 11.5 Å². The maximum Gasteiger partial charge on any atom is 0.119 e. The smallest absolute Gasteiger partial charge is 0.119 e. The third-order valence-corrected chi connectivity index (χ3v) is 10.0. The van der Waals surface area contributed by atoms with Crippen molar-refractivity contribution in [2.45, 2.75) is 122 Å². The molecule has 0 amide bonds. The Morgan fingerprint density at radius 3 is 1.12 bits per heavy atom. The highest BCUT2D eigenvalue weighted by Crippen LogP contribution is 2.25. The monoisotopic (exact) mass is 602 g/mol. The molecule has 0 heterocycles. The van der Waals surface area contributed by atoms with E-state index in [4.69, 9.17) is 14.2 Å². The number of benzene rings is 2. The van der Waals surface area contributed by atoms with E-state index in [0.29, 0.717) is 0 Å². The summed E-state index contributed by atoms with van der Waals surface area (Å²) >= 11 is 0. The zero-order chi connectivity index (χ0) is 29.1. The fourth-order valence-corrected chi connectivity index (χ4v) is 7.10. The first-order valence-corrected chi connectivity index (χ1v) is 19.0. The Kier molecular flexibility index (Phi) is 22.8. The van der Waals surface area contributed by atoms with Crippen LogP contribution in [0, 0.1) is 6.92 Å². The number of hydrogen-bond donors (Lipinski definition) is 0. The van der Waals surface area contributed by atoms with Gasteiger partial charge in [-0.25, -0.2) is 0 Å². The summed E-state index contributed by atoms with van der Waals surface area (Å²) in [6.07, 6.45) is 24.4. The zero-order valence-electron chi connectivity index (χ0n) is 26.2. The molecule has 0 atom stereocenters. The molecule has 0 aliphatic heterocycles. The van der Waals surface area contributed by atoms with Crippen LogP contribution in [-0.2, 0) is 0 Å². The summed E-state index contributed by atoms with van der Waals surface area (Å²) in [6, 6.07) is 16.2. The number of methoxy groups -OCH3 is 1. The lowest BCUT2D eigenvalue weighted by Crippen LogP contribution is -1.97. The molecule has 0 saturated heterocycles. The van der Waals surface area contributed by atoms with E-state index in [-0.39, 0.29) is 0 Å². The molecule has 0 aromatic heterocycles. The summed E-state index contributed by atoms with van der Waals surface area (Å²) < 4.78 is 16.8. The molecule has 0 spiro atoms. The molecular formula is C36H58O3S2. The Balaban J connectivity index is 1.18. The number of aryl methyl sites for hydroxylation is 1. The van der Waals surface area contributed by atoms with E-state index in [9.17, 15) is 0 Å². The van der Waals surface area contributed by atoms with Crippen LogP contribution < -0.4 is 14.2 Å². The van der Waals surface area contributed by atoms with Gasteiger partial charge in [-0.2, -0.15) is 0 Å². The van der Waals surface area contributed by atoms with Crippen LogP contribution in [0.25, 0.3) is 0 Å². The fraction of sp³-hybridized carbons (Fsp3) is 0.667. The fourth-order valence-electron chi connectivity index (χ4n) is 4.81. The second-order valence-electron chi connectivity index (χ2n) is 11.2. The maximum atomic E-state index is 5.82. The molecule has 0 fully saturated rings. The van der Waals surface area contributed by atoms with E-state index >= 15 is 0 Å². The molecular weight excluding hydrogens is 545 g/mol. The molecule has 5 heteroatoms. The lowest BCUT2D eigenvalue weighted by Gasteiger charge is -2.07. The molecule has 3 nitrogen and oxygen atoms in total. The number of rotatable bonds is 28. The molecule has 232 valence electrons. The van der Waals surface area contributed by atoms with Crippen LogP contribution >= 0.6 is 21.6 Å². The first-order chi connectivity index (χ1) is 20.3. The van der Waals surface area contributed by atoms with Crippen molar-refractivity contribution in [2.24, 2.45) is 0 Å². The first kappa shape index (κ1) is 35.7. The van der Waals surface area contributed by atoms with Gasteiger partial charge in [-0.3, -0.25) is 0 Å². The van der Waals surface area contributed by atoms with Crippen molar-refractivity contribution in [3.05, 3.63) is 54.1 Å². The zero-order valence-corrected chi connectivity index (χ0v) is 27.8. The molecule has 41 heavy (non-hydrogen) atoms. The molecule has 0 bridgehead atoms. The van der Waals surface area contributed by atoms with Crippen LogP contribution in [0.2, 0.25) is 0 Å². The minimum Gasteiger partial charge on any atom is -0.497 e. The lowest BCUT2D eigenvalue weighted by atomic mass is 10.1. The van der Waals surface area contributed by atoms with Gasteiger partial charge in [0.25, 0.3) is 0 Å². The number of hydrogen-bond acceptors (Lipinski definition) is 5. The van der Waals surface area contributed by atoms with Crippen LogP contribution in [0.15, 0.2) is 48.5 Å². The second kappa shape index (κ2) is 26.2. The topological polar surface area (TPSA) is 27.7 Å². The quantitative estimate of drug-likeness (QED) is 0.0713. The standard InChI is InChI=1S/C36H58O3S2/c1-33-21-23-35(24-22-33)38-29-17-13-9-5-3-7-11-15-19-31-40-41-32-20-16-12-8-4-6-10-14-18-30-39-36-27-25-34(37-2)26-28-36/h21-28H,3-20,29-32H2,1-2H3. The van der Waals surface area contributed by atoms with Crippen LogP contribution in [0.3, 0.4) is 0 Å². The second-order valence-corrected chi connectivity index (χ2v) is 13.9. The van der Waals surface area contributed by atoms with Crippen molar-refractivity contribution in [3.63, 3.8) is 0 Å². The van der Waals surface area contributed by atoms with Crippen LogP contribution in [0.4, 0.5) is 0 Å². The minimum absolute atomic E-state index is 0.815. The van der Waals surface area contributed by atoms with Crippen LogP contribution in [0.5, 0.6) is 17.2 Å². The summed E-state index contributed by atoms with van der Waals surface area (Å²) in [4.78, 5) is 0. The molecule has 2 aromatic rings. The summed E-state index contributed by atoms with van der Waals surface area (Å²) in [5.74, 6) is 5.48. The van der Waals surface area contributed by atoms with Crippen molar-refractivity contribution < 1.29 is 14.2 Å². The van der Waals surface area contributed by atoms with Gasteiger partial charge in [-0.15, -0.1) is 0 Å². The average molecular weight is 603 g/mol. The largest absolute Gasteiger partial charge is 0.497 e. The molecule has 0 aliphatic rings. The van der Waals surface area contributed by atoms with Gasteiger partial charge >= 0.3 is 0 Å². The predicted octanol–water partition coefficient (Wildman–Crippen LogP) is 11.9. The first-order valence-electron chi connectivity index (χ1n) is 16.5. The summed E-state index contributed by atoms with van der Waals surface area (Å²) in [5.41, 5.74) is 1.29. The maximum absolute atomic E-state index is 5.82. The van der Waals surface area contributed by atoms with Crippen molar-refractivity contribution >= 4 is 21.6 Å². The predicted molar refractivity (Wildman–Crippen MR) is 183 cm³/mol. The molecule has 2 aromatic carbocycles. The minimum atomic E-state index is 0.815.